The Hall–Kier alpha value is -3.68. The molecule has 8 heteroatoms. The molecule has 0 saturated carbocycles. The van der Waals surface area contributed by atoms with Gasteiger partial charge in [-0.2, -0.15) is 9.78 Å². The summed E-state index contributed by atoms with van der Waals surface area (Å²) in [5.41, 5.74) is 4.38. The second kappa shape index (κ2) is 8.22. The van der Waals surface area contributed by atoms with Crippen LogP contribution in [-0.2, 0) is 4.79 Å². The third-order valence-electron chi connectivity index (χ3n) is 5.21. The first-order chi connectivity index (χ1) is 14.9. The minimum absolute atomic E-state index is 0.0889. The molecule has 0 bridgehead atoms. The van der Waals surface area contributed by atoms with Gasteiger partial charge >= 0.3 is 0 Å². The highest BCUT2D eigenvalue weighted by molar-refractivity contribution is 5.95. The van der Waals surface area contributed by atoms with Crippen molar-refractivity contribution in [2.75, 3.05) is 19.0 Å². The number of amides is 1. The van der Waals surface area contributed by atoms with Gasteiger partial charge in [-0.05, 0) is 44.5 Å². The predicted octanol–water partition coefficient (Wildman–Crippen LogP) is 3.64. The molecule has 0 spiro atoms. The lowest BCUT2D eigenvalue weighted by molar-refractivity contribution is -0.116. The van der Waals surface area contributed by atoms with E-state index < -0.39 is 0 Å². The van der Waals surface area contributed by atoms with E-state index >= 15 is 0 Å². The number of hydrogen-bond donors (Lipinski definition) is 1. The summed E-state index contributed by atoms with van der Waals surface area (Å²) in [6, 6.07) is 7.63. The highest BCUT2D eigenvalue weighted by Crippen LogP contribution is 2.42. The maximum absolute atomic E-state index is 12.6. The molecule has 0 saturated heterocycles. The van der Waals surface area contributed by atoms with Crippen molar-refractivity contribution >= 4 is 11.7 Å². The standard InChI is InChI=1S/C23H25N5O3/c1-6-9-31-18-8-7-16(11-19(18)30-5)17-12-20(29)26-22-21(17)15(4)27-28(22)23-24-13(2)10-14(3)25-23/h6-8,10-11,17H,1,9,12H2,2-5H3,(H,26,29)/t17-/m1/s1. The number of hydrogen-bond acceptors (Lipinski definition) is 6. The number of anilines is 1. The van der Waals surface area contributed by atoms with Crippen molar-refractivity contribution in [3.8, 4) is 17.4 Å². The van der Waals surface area contributed by atoms with Crippen molar-refractivity contribution in [3.63, 3.8) is 0 Å². The Kier molecular flexibility index (Phi) is 5.46. The molecule has 2 aromatic heterocycles. The predicted molar refractivity (Wildman–Crippen MR) is 117 cm³/mol. The van der Waals surface area contributed by atoms with Crippen LogP contribution in [-0.4, -0.2) is 39.4 Å². The molecule has 0 radical (unpaired) electrons. The van der Waals surface area contributed by atoms with E-state index in [0.717, 1.165) is 28.2 Å². The summed E-state index contributed by atoms with van der Waals surface area (Å²) in [7, 11) is 1.60. The van der Waals surface area contributed by atoms with Gasteiger partial charge in [0.15, 0.2) is 11.5 Å². The van der Waals surface area contributed by atoms with Crippen LogP contribution in [0, 0.1) is 20.8 Å². The number of carbonyl (C=O) groups excluding carboxylic acids is 1. The summed E-state index contributed by atoms with van der Waals surface area (Å²) in [4.78, 5) is 21.7. The first-order valence-electron chi connectivity index (χ1n) is 10.0. The molecule has 1 amide bonds. The molecule has 1 N–H and O–H groups in total. The Bertz CT molecular complexity index is 1150. The molecular weight excluding hydrogens is 394 g/mol. The van der Waals surface area contributed by atoms with Crippen molar-refractivity contribution in [3.05, 3.63) is 65.1 Å². The number of aromatic nitrogens is 4. The van der Waals surface area contributed by atoms with Gasteiger partial charge in [-0.1, -0.05) is 18.7 Å². The topological polar surface area (TPSA) is 91.2 Å². The summed E-state index contributed by atoms with van der Waals surface area (Å²) in [5, 5.41) is 7.63. The molecule has 0 aliphatic carbocycles. The Morgan fingerprint density at radius 3 is 2.61 bits per heavy atom. The van der Waals surface area contributed by atoms with Crippen molar-refractivity contribution in [2.24, 2.45) is 0 Å². The van der Waals surface area contributed by atoms with E-state index in [9.17, 15) is 4.79 Å². The Balaban J connectivity index is 1.81. The molecule has 4 rings (SSSR count). The summed E-state index contributed by atoms with van der Waals surface area (Å²) >= 11 is 0. The second-order valence-corrected chi connectivity index (χ2v) is 7.53. The number of fused-ring (bicyclic) bond motifs is 1. The minimum atomic E-state index is -0.175. The lowest BCUT2D eigenvalue weighted by Gasteiger charge is -2.25. The molecule has 160 valence electrons. The molecule has 3 heterocycles. The Morgan fingerprint density at radius 1 is 1.19 bits per heavy atom. The average Bonchev–Trinajstić information content (AvgIpc) is 3.07. The van der Waals surface area contributed by atoms with Gasteiger partial charge in [-0.15, -0.1) is 0 Å². The van der Waals surface area contributed by atoms with Gasteiger partial charge in [-0.3, -0.25) is 4.79 Å². The zero-order chi connectivity index (χ0) is 22.1. The van der Waals surface area contributed by atoms with Gasteiger partial charge in [0.25, 0.3) is 5.95 Å². The van der Waals surface area contributed by atoms with Gasteiger partial charge < -0.3 is 14.8 Å². The summed E-state index contributed by atoms with van der Waals surface area (Å²) in [6.45, 7) is 9.80. The number of benzene rings is 1. The largest absolute Gasteiger partial charge is 0.493 e. The fourth-order valence-corrected chi connectivity index (χ4v) is 3.95. The lowest BCUT2D eigenvalue weighted by atomic mass is 9.85. The van der Waals surface area contributed by atoms with Crippen molar-refractivity contribution in [1.29, 1.82) is 0 Å². The van der Waals surface area contributed by atoms with E-state index in [1.807, 2.05) is 45.0 Å². The monoisotopic (exact) mass is 419 g/mol. The van der Waals surface area contributed by atoms with E-state index in [-0.39, 0.29) is 11.8 Å². The summed E-state index contributed by atoms with van der Waals surface area (Å²) in [5.74, 6) is 2.01. The normalized spacial score (nSPS) is 15.2. The zero-order valence-electron chi connectivity index (χ0n) is 18.1. The maximum Gasteiger partial charge on any atom is 0.252 e. The van der Waals surface area contributed by atoms with Gasteiger partial charge in [-0.25, -0.2) is 9.97 Å². The molecule has 1 aliphatic rings. The van der Waals surface area contributed by atoms with Crippen LogP contribution >= 0.6 is 0 Å². The zero-order valence-corrected chi connectivity index (χ0v) is 18.1. The third-order valence-corrected chi connectivity index (χ3v) is 5.21. The Labute approximate surface area is 180 Å². The number of methoxy groups -OCH3 is 1. The SMILES string of the molecule is C=CCOc1ccc([C@H]2CC(=O)Nc3c2c(C)nn3-c2nc(C)cc(C)n2)cc1OC. The third kappa shape index (κ3) is 3.88. The van der Waals surface area contributed by atoms with Crippen LogP contribution in [0.4, 0.5) is 5.82 Å². The van der Waals surface area contributed by atoms with Crippen molar-refractivity contribution in [1.82, 2.24) is 19.7 Å². The minimum Gasteiger partial charge on any atom is -0.493 e. The van der Waals surface area contributed by atoms with E-state index in [4.69, 9.17) is 9.47 Å². The summed E-state index contributed by atoms with van der Waals surface area (Å²) < 4.78 is 12.8. The molecule has 1 aliphatic heterocycles. The smallest absolute Gasteiger partial charge is 0.252 e. The van der Waals surface area contributed by atoms with Gasteiger partial charge in [0, 0.05) is 29.3 Å². The number of nitrogens with zero attached hydrogens (tertiary/aromatic N) is 4. The van der Waals surface area contributed by atoms with Gasteiger partial charge in [0.2, 0.25) is 5.91 Å². The quantitative estimate of drug-likeness (QED) is 0.614. The van der Waals surface area contributed by atoms with Crippen molar-refractivity contribution < 1.29 is 14.3 Å². The fraction of sp³-hybridized carbons (Fsp3) is 0.304. The van der Waals surface area contributed by atoms with Crippen LogP contribution in [0.15, 0.2) is 36.9 Å². The first-order valence-corrected chi connectivity index (χ1v) is 10.0. The van der Waals surface area contributed by atoms with Gasteiger partial charge in [0.1, 0.15) is 12.4 Å². The molecule has 0 unspecified atom stereocenters. The molecular formula is C23H25N5O3. The van der Waals surface area contributed by atoms with E-state index in [0.29, 0.717) is 36.3 Å². The number of aryl methyl sites for hydroxylation is 3. The number of ether oxygens (including phenoxy) is 2. The van der Waals surface area contributed by atoms with Crippen LogP contribution in [0.1, 0.15) is 40.5 Å². The van der Waals surface area contributed by atoms with Crippen LogP contribution in [0.3, 0.4) is 0 Å². The molecule has 3 aromatic rings. The van der Waals surface area contributed by atoms with Gasteiger partial charge in [0.05, 0.1) is 12.8 Å². The maximum atomic E-state index is 12.6. The molecule has 1 atom stereocenters. The number of rotatable bonds is 6. The highest BCUT2D eigenvalue weighted by atomic mass is 16.5. The van der Waals surface area contributed by atoms with Crippen LogP contribution in [0.25, 0.3) is 5.95 Å². The molecule has 1 aromatic carbocycles. The summed E-state index contributed by atoms with van der Waals surface area (Å²) in [6.07, 6.45) is 1.99. The highest BCUT2D eigenvalue weighted by Gasteiger charge is 2.33. The van der Waals surface area contributed by atoms with Crippen LogP contribution in [0.2, 0.25) is 0 Å². The van der Waals surface area contributed by atoms with E-state index in [2.05, 4.69) is 27.0 Å². The molecule has 0 fully saturated rings. The fourth-order valence-electron chi connectivity index (χ4n) is 3.95. The van der Waals surface area contributed by atoms with E-state index in [1.54, 1.807) is 17.9 Å². The van der Waals surface area contributed by atoms with Crippen molar-refractivity contribution in [2.45, 2.75) is 33.1 Å². The Morgan fingerprint density at radius 2 is 1.94 bits per heavy atom. The molecule has 8 nitrogen and oxygen atoms in total. The first kappa shape index (κ1) is 20.6. The average molecular weight is 419 g/mol. The van der Waals surface area contributed by atoms with Crippen LogP contribution in [0.5, 0.6) is 11.5 Å². The number of nitrogens with one attached hydrogen (secondary N) is 1. The second-order valence-electron chi connectivity index (χ2n) is 7.53. The molecule has 31 heavy (non-hydrogen) atoms. The number of carbonyl (C=O) groups is 1. The lowest BCUT2D eigenvalue weighted by Crippen LogP contribution is -2.25. The van der Waals surface area contributed by atoms with Crippen LogP contribution < -0.4 is 14.8 Å². The van der Waals surface area contributed by atoms with E-state index in [1.165, 1.54) is 0 Å².